The summed E-state index contributed by atoms with van der Waals surface area (Å²) in [5, 5.41) is 6.05. The minimum Gasteiger partial charge on any atom is -0.484 e. The van der Waals surface area contributed by atoms with Gasteiger partial charge in [0.15, 0.2) is 6.61 Å². The van der Waals surface area contributed by atoms with Crippen molar-refractivity contribution >= 4 is 11.8 Å². The van der Waals surface area contributed by atoms with E-state index >= 15 is 0 Å². The summed E-state index contributed by atoms with van der Waals surface area (Å²) in [4.78, 5) is 27.2. The molecule has 1 aliphatic carbocycles. The molecule has 1 aliphatic rings. The van der Waals surface area contributed by atoms with Crippen molar-refractivity contribution in [2.75, 3.05) is 13.2 Å². The first-order valence-corrected chi connectivity index (χ1v) is 9.92. The number of hydrogen-bond acceptors (Lipinski definition) is 3. The predicted octanol–water partition coefficient (Wildman–Crippen LogP) is 3.12. The Kier molecular flexibility index (Phi) is 6.74. The minimum absolute atomic E-state index is 0.0211. The molecule has 1 saturated carbocycles. The standard InChI is InChI=1S/C22H29N3O3/c1-15-8-9-19(11-16(15)2)28-14-21(26)25-18-6-3-5-17(12-18)13-24-22(27)20-7-4-10-23-20/h4,7-11,17-18,23H,3,5-6,12-14H2,1-2H3,(H,24,27)(H,25,26)/t17-,18+/m1/s1. The molecule has 0 bridgehead atoms. The third-order valence-corrected chi connectivity index (χ3v) is 5.39. The lowest BCUT2D eigenvalue weighted by atomic mass is 9.85. The quantitative estimate of drug-likeness (QED) is 0.687. The third kappa shape index (κ3) is 5.62. The monoisotopic (exact) mass is 383 g/mol. The molecule has 0 spiro atoms. The van der Waals surface area contributed by atoms with Crippen molar-refractivity contribution < 1.29 is 14.3 Å². The van der Waals surface area contributed by atoms with Gasteiger partial charge in [0.05, 0.1) is 0 Å². The smallest absolute Gasteiger partial charge is 0.267 e. The molecule has 1 fully saturated rings. The Morgan fingerprint density at radius 3 is 2.79 bits per heavy atom. The maximum absolute atomic E-state index is 12.3. The van der Waals surface area contributed by atoms with Crippen molar-refractivity contribution in [3.63, 3.8) is 0 Å². The number of aromatic amines is 1. The Bertz CT molecular complexity index is 801. The summed E-state index contributed by atoms with van der Waals surface area (Å²) in [6, 6.07) is 9.54. The molecule has 0 aliphatic heterocycles. The van der Waals surface area contributed by atoms with Crippen LogP contribution in [0.4, 0.5) is 0 Å². The van der Waals surface area contributed by atoms with Crippen LogP contribution in [0, 0.1) is 19.8 Å². The van der Waals surface area contributed by atoms with Crippen LogP contribution in [0.3, 0.4) is 0 Å². The van der Waals surface area contributed by atoms with Crippen LogP contribution in [0.5, 0.6) is 5.75 Å². The van der Waals surface area contributed by atoms with Gasteiger partial charge in [0.2, 0.25) is 0 Å². The van der Waals surface area contributed by atoms with Crippen LogP contribution < -0.4 is 15.4 Å². The van der Waals surface area contributed by atoms with Crippen LogP contribution in [-0.4, -0.2) is 36.0 Å². The second kappa shape index (κ2) is 9.44. The molecular weight excluding hydrogens is 354 g/mol. The highest BCUT2D eigenvalue weighted by molar-refractivity contribution is 5.92. The van der Waals surface area contributed by atoms with Gasteiger partial charge in [0, 0.05) is 18.8 Å². The van der Waals surface area contributed by atoms with Crippen LogP contribution in [0.1, 0.15) is 47.3 Å². The van der Waals surface area contributed by atoms with Gasteiger partial charge in [0.25, 0.3) is 11.8 Å². The summed E-state index contributed by atoms with van der Waals surface area (Å²) in [6.45, 7) is 4.72. The highest BCUT2D eigenvalue weighted by atomic mass is 16.5. The molecule has 28 heavy (non-hydrogen) atoms. The maximum Gasteiger partial charge on any atom is 0.267 e. The summed E-state index contributed by atoms with van der Waals surface area (Å²) in [6.07, 6.45) is 5.69. The number of amides is 2. The molecule has 2 aromatic rings. The van der Waals surface area contributed by atoms with Gasteiger partial charge in [-0.15, -0.1) is 0 Å². The molecule has 0 saturated heterocycles. The average molecular weight is 383 g/mol. The third-order valence-electron chi connectivity index (χ3n) is 5.39. The van der Waals surface area contributed by atoms with E-state index in [1.54, 1.807) is 18.3 Å². The maximum atomic E-state index is 12.3. The fraction of sp³-hybridized carbons (Fsp3) is 0.455. The number of nitrogens with one attached hydrogen (secondary N) is 3. The molecule has 2 atom stereocenters. The normalized spacial score (nSPS) is 19.1. The molecule has 2 amide bonds. The van der Waals surface area contributed by atoms with E-state index in [0.717, 1.165) is 31.2 Å². The summed E-state index contributed by atoms with van der Waals surface area (Å²) < 4.78 is 5.62. The molecular formula is C22H29N3O3. The van der Waals surface area contributed by atoms with E-state index in [4.69, 9.17) is 4.74 Å². The number of rotatable bonds is 7. The molecule has 3 N–H and O–H groups in total. The SMILES string of the molecule is Cc1ccc(OCC(=O)N[C@H]2CCC[C@@H](CNC(=O)c3ccc[nH]3)C2)cc1C. The predicted molar refractivity (Wildman–Crippen MR) is 108 cm³/mol. The molecule has 1 heterocycles. The molecule has 0 radical (unpaired) electrons. The number of H-pyrrole nitrogens is 1. The van der Waals surface area contributed by atoms with Gasteiger partial charge in [0.1, 0.15) is 11.4 Å². The summed E-state index contributed by atoms with van der Waals surface area (Å²) in [5.41, 5.74) is 2.92. The lowest BCUT2D eigenvalue weighted by Crippen LogP contribution is -2.42. The highest BCUT2D eigenvalue weighted by Gasteiger charge is 2.24. The van der Waals surface area contributed by atoms with E-state index in [1.165, 1.54) is 5.56 Å². The van der Waals surface area contributed by atoms with Crippen molar-refractivity contribution in [2.24, 2.45) is 5.92 Å². The van der Waals surface area contributed by atoms with Crippen LogP contribution in [0.15, 0.2) is 36.5 Å². The van der Waals surface area contributed by atoms with Crippen molar-refractivity contribution in [3.8, 4) is 5.75 Å². The lowest BCUT2D eigenvalue weighted by molar-refractivity contribution is -0.124. The Labute approximate surface area is 166 Å². The number of carbonyl (C=O) groups excluding carboxylic acids is 2. The van der Waals surface area contributed by atoms with Crippen molar-refractivity contribution in [3.05, 3.63) is 53.3 Å². The van der Waals surface area contributed by atoms with Crippen LogP contribution in [0.2, 0.25) is 0 Å². The van der Waals surface area contributed by atoms with E-state index in [1.807, 2.05) is 32.0 Å². The lowest BCUT2D eigenvalue weighted by Gasteiger charge is -2.29. The molecule has 1 aromatic heterocycles. The average Bonchev–Trinajstić information content (AvgIpc) is 3.22. The first kappa shape index (κ1) is 20.0. The largest absolute Gasteiger partial charge is 0.484 e. The van der Waals surface area contributed by atoms with Gasteiger partial charge < -0.3 is 20.4 Å². The number of ether oxygens (including phenoxy) is 1. The topological polar surface area (TPSA) is 83.2 Å². The number of aryl methyl sites for hydroxylation is 2. The zero-order chi connectivity index (χ0) is 19.9. The first-order valence-electron chi connectivity index (χ1n) is 9.92. The van der Waals surface area contributed by atoms with Crippen LogP contribution >= 0.6 is 0 Å². The zero-order valence-corrected chi connectivity index (χ0v) is 16.6. The van der Waals surface area contributed by atoms with Gasteiger partial charge in [-0.3, -0.25) is 9.59 Å². The van der Waals surface area contributed by atoms with Crippen molar-refractivity contribution in [1.29, 1.82) is 0 Å². The Balaban J connectivity index is 1.40. The molecule has 6 nitrogen and oxygen atoms in total. The number of aromatic nitrogens is 1. The van der Waals surface area contributed by atoms with Gasteiger partial charge in [-0.1, -0.05) is 12.5 Å². The minimum atomic E-state index is -0.0979. The second-order valence-corrected chi connectivity index (χ2v) is 7.63. The summed E-state index contributed by atoms with van der Waals surface area (Å²) in [7, 11) is 0. The van der Waals surface area contributed by atoms with E-state index in [-0.39, 0.29) is 24.5 Å². The van der Waals surface area contributed by atoms with E-state index in [9.17, 15) is 9.59 Å². The van der Waals surface area contributed by atoms with Crippen LogP contribution in [0.25, 0.3) is 0 Å². The fourth-order valence-electron chi connectivity index (χ4n) is 3.63. The van der Waals surface area contributed by atoms with Crippen LogP contribution in [-0.2, 0) is 4.79 Å². The molecule has 3 rings (SSSR count). The molecule has 6 heteroatoms. The zero-order valence-electron chi connectivity index (χ0n) is 16.6. The number of hydrogen-bond donors (Lipinski definition) is 3. The van der Waals surface area contributed by atoms with Gasteiger partial charge >= 0.3 is 0 Å². The molecule has 1 aromatic carbocycles. The Morgan fingerprint density at radius 2 is 2.04 bits per heavy atom. The fourth-order valence-corrected chi connectivity index (χ4v) is 3.63. The first-order chi connectivity index (χ1) is 13.5. The molecule has 150 valence electrons. The molecule has 0 unspecified atom stereocenters. The highest BCUT2D eigenvalue weighted by Crippen LogP contribution is 2.24. The summed E-state index contributed by atoms with van der Waals surface area (Å²) in [5.74, 6) is 0.905. The number of benzene rings is 1. The Morgan fingerprint density at radius 1 is 1.18 bits per heavy atom. The van der Waals surface area contributed by atoms with Crippen molar-refractivity contribution in [2.45, 2.75) is 45.6 Å². The van der Waals surface area contributed by atoms with Gasteiger partial charge in [-0.25, -0.2) is 0 Å². The number of carbonyl (C=O) groups is 2. The summed E-state index contributed by atoms with van der Waals surface area (Å²) >= 11 is 0. The van der Waals surface area contributed by atoms with E-state index in [0.29, 0.717) is 23.9 Å². The van der Waals surface area contributed by atoms with Gasteiger partial charge in [-0.2, -0.15) is 0 Å². The van der Waals surface area contributed by atoms with E-state index in [2.05, 4.69) is 15.6 Å². The van der Waals surface area contributed by atoms with E-state index < -0.39 is 0 Å². The second-order valence-electron chi connectivity index (χ2n) is 7.63. The van der Waals surface area contributed by atoms with Gasteiger partial charge in [-0.05, 0) is 74.4 Å². The Hall–Kier alpha value is -2.76. The van der Waals surface area contributed by atoms with Crippen molar-refractivity contribution in [1.82, 2.24) is 15.6 Å².